The van der Waals surface area contributed by atoms with Gasteiger partial charge in [-0.1, -0.05) is 37.0 Å². The van der Waals surface area contributed by atoms with Crippen LogP contribution in [0.15, 0.2) is 30.4 Å². The van der Waals surface area contributed by atoms with Crippen LogP contribution in [0.3, 0.4) is 0 Å². The van der Waals surface area contributed by atoms with E-state index in [1.165, 1.54) is 0 Å². The number of hydrazine groups is 1. The van der Waals surface area contributed by atoms with Crippen molar-refractivity contribution < 1.29 is 0 Å². The summed E-state index contributed by atoms with van der Waals surface area (Å²) in [5.74, 6) is 1.54. The number of fused-ring (bicyclic) bond motifs is 1. The number of anilines is 1. The smallest absolute Gasteiger partial charge is 0.161 e. The van der Waals surface area contributed by atoms with Crippen LogP contribution in [0.2, 0.25) is 0 Å². The van der Waals surface area contributed by atoms with Crippen LogP contribution in [0.1, 0.15) is 12.2 Å². The fourth-order valence-corrected chi connectivity index (χ4v) is 2.00. The van der Waals surface area contributed by atoms with Gasteiger partial charge in [-0.3, -0.25) is 10.4 Å². The molecule has 0 aromatic carbocycles. The predicted molar refractivity (Wildman–Crippen MR) is 73.5 cm³/mol. The summed E-state index contributed by atoms with van der Waals surface area (Å²) in [6.07, 6.45) is 13.1. The van der Waals surface area contributed by atoms with Gasteiger partial charge in [0.2, 0.25) is 0 Å². The van der Waals surface area contributed by atoms with Gasteiger partial charge in [0.15, 0.2) is 11.6 Å². The van der Waals surface area contributed by atoms with Gasteiger partial charge in [-0.25, -0.2) is 9.97 Å². The molecule has 2 aliphatic rings. The van der Waals surface area contributed by atoms with Gasteiger partial charge in [0.25, 0.3) is 0 Å². The molecule has 0 unspecified atom stereocenters. The number of nitrogens with zero attached hydrogens (tertiary/aromatic N) is 3. The molecule has 0 atom stereocenters. The zero-order chi connectivity index (χ0) is 12.5. The van der Waals surface area contributed by atoms with E-state index in [1.807, 2.05) is 36.5 Å². The van der Waals surface area contributed by atoms with E-state index >= 15 is 0 Å². The largest absolute Gasteiger partial charge is 0.296 e. The summed E-state index contributed by atoms with van der Waals surface area (Å²) >= 11 is 0. The van der Waals surface area contributed by atoms with Crippen molar-refractivity contribution in [1.29, 1.82) is 0 Å². The molecule has 90 valence electrons. The molecular weight excluding hydrogens is 224 g/mol. The highest BCUT2D eigenvalue weighted by molar-refractivity contribution is 5.71. The predicted octanol–water partition coefficient (Wildman–Crippen LogP) is 0.797. The van der Waals surface area contributed by atoms with Gasteiger partial charge in [-0.05, 0) is 6.42 Å². The number of rotatable bonds is 1. The van der Waals surface area contributed by atoms with E-state index in [0.717, 1.165) is 34.2 Å². The molecule has 0 saturated heterocycles. The third-order valence-electron chi connectivity index (χ3n) is 2.88. The molecule has 2 heterocycles. The van der Waals surface area contributed by atoms with Gasteiger partial charge in [-0.2, -0.15) is 0 Å². The molecule has 0 fully saturated rings. The summed E-state index contributed by atoms with van der Waals surface area (Å²) in [6.45, 7) is 3.99. The quantitative estimate of drug-likeness (QED) is 0.785. The number of hydrogen-bond acceptors (Lipinski definition) is 4. The number of hydrogen-bond donors (Lipinski definition) is 1. The lowest BCUT2D eigenvalue weighted by atomic mass is 10.2. The van der Waals surface area contributed by atoms with E-state index in [4.69, 9.17) is 0 Å². The Morgan fingerprint density at radius 3 is 3.11 bits per heavy atom. The minimum Gasteiger partial charge on any atom is -0.296 e. The minimum atomic E-state index is 0.718. The zero-order valence-corrected chi connectivity index (χ0v) is 10.2. The minimum absolute atomic E-state index is 0.718. The Bertz CT molecular complexity index is 682. The van der Waals surface area contributed by atoms with Crippen LogP contribution in [-0.2, 0) is 0 Å². The molecule has 1 aromatic rings. The maximum Gasteiger partial charge on any atom is 0.161 e. The number of allylic oxidation sites excluding steroid dienone is 6. The highest BCUT2D eigenvalue weighted by Gasteiger charge is 2.12. The van der Waals surface area contributed by atoms with E-state index < -0.39 is 0 Å². The van der Waals surface area contributed by atoms with Crippen LogP contribution in [0.5, 0.6) is 0 Å². The monoisotopic (exact) mass is 238 g/mol. The van der Waals surface area contributed by atoms with E-state index in [1.54, 1.807) is 0 Å². The third kappa shape index (κ3) is 1.82. The Kier molecular flexibility index (Phi) is 2.48. The van der Waals surface area contributed by atoms with Gasteiger partial charge in [-0.15, -0.1) is 0 Å². The lowest BCUT2D eigenvalue weighted by molar-refractivity contribution is 0.612. The van der Waals surface area contributed by atoms with Crippen molar-refractivity contribution in [1.82, 2.24) is 15.0 Å². The van der Waals surface area contributed by atoms with Crippen LogP contribution in [0.4, 0.5) is 5.82 Å². The van der Waals surface area contributed by atoms with Crippen LogP contribution in [-0.4, -0.2) is 22.0 Å². The normalized spacial score (nSPS) is 16.7. The van der Waals surface area contributed by atoms with Crippen molar-refractivity contribution >= 4 is 24.2 Å². The molecule has 18 heavy (non-hydrogen) atoms. The molecule has 4 nitrogen and oxygen atoms in total. The third-order valence-corrected chi connectivity index (χ3v) is 2.88. The van der Waals surface area contributed by atoms with Crippen molar-refractivity contribution in [2.24, 2.45) is 0 Å². The second kappa shape index (κ2) is 4.14. The first-order valence-corrected chi connectivity index (χ1v) is 5.86. The van der Waals surface area contributed by atoms with Gasteiger partial charge >= 0.3 is 0 Å². The summed E-state index contributed by atoms with van der Waals surface area (Å²) in [4.78, 5) is 9.02. The van der Waals surface area contributed by atoms with Crippen molar-refractivity contribution in [3.63, 3.8) is 0 Å². The Morgan fingerprint density at radius 1 is 1.33 bits per heavy atom. The van der Waals surface area contributed by atoms with Crippen molar-refractivity contribution in [2.45, 2.75) is 6.42 Å². The molecule has 3 rings (SSSR count). The molecule has 1 aromatic heterocycles. The molecular formula is C14H14N4. The highest BCUT2D eigenvalue weighted by Crippen LogP contribution is 2.15. The fraction of sp³-hybridized carbons (Fsp3) is 0.143. The van der Waals surface area contributed by atoms with Crippen molar-refractivity contribution in [3.05, 3.63) is 46.8 Å². The van der Waals surface area contributed by atoms with Gasteiger partial charge in [0, 0.05) is 18.8 Å². The average molecular weight is 238 g/mol. The van der Waals surface area contributed by atoms with Crippen molar-refractivity contribution in [2.75, 3.05) is 12.5 Å². The second-order valence-electron chi connectivity index (χ2n) is 4.29. The molecule has 1 N–H and O–H groups in total. The van der Waals surface area contributed by atoms with Crippen molar-refractivity contribution in [3.8, 4) is 0 Å². The van der Waals surface area contributed by atoms with E-state index in [-0.39, 0.29) is 0 Å². The van der Waals surface area contributed by atoms with Crippen LogP contribution >= 0.6 is 0 Å². The van der Waals surface area contributed by atoms with Gasteiger partial charge in [0.1, 0.15) is 0 Å². The van der Waals surface area contributed by atoms with E-state index in [2.05, 4.69) is 34.1 Å². The molecule has 0 amide bonds. The van der Waals surface area contributed by atoms with E-state index in [0.29, 0.717) is 0 Å². The molecule has 1 aliphatic heterocycles. The molecule has 0 bridgehead atoms. The van der Waals surface area contributed by atoms with E-state index in [9.17, 15) is 0 Å². The summed E-state index contributed by atoms with van der Waals surface area (Å²) in [5, 5.41) is 3.56. The first-order chi connectivity index (χ1) is 8.74. The molecule has 0 spiro atoms. The average Bonchev–Trinajstić information content (AvgIpc) is 2.58. The Hall–Kier alpha value is -2.36. The number of aromatic nitrogens is 2. The first kappa shape index (κ1) is 10.8. The summed E-state index contributed by atoms with van der Waals surface area (Å²) in [5.41, 5.74) is 4.18. The summed E-state index contributed by atoms with van der Waals surface area (Å²) < 4.78 is 0. The summed E-state index contributed by atoms with van der Waals surface area (Å²) in [6, 6.07) is 0. The highest BCUT2D eigenvalue weighted by atomic mass is 15.5. The van der Waals surface area contributed by atoms with Crippen LogP contribution in [0, 0.1) is 0 Å². The topological polar surface area (TPSA) is 41.1 Å². The SMILES string of the molecule is C=c1nc(C2=CCC=CC=C2)nc2c1=CN(C)N2. The Labute approximate surface area is 105 Å². The Morgan fingerprint density at radius 2 is 2.22 bits per heavy atom. The fourth-order valence-electron chi connectivity index (χ4n) is 2.00. The maximum absolute atomic E-state index is 4.55. The van der Waals surface area contributed by atoms with Gasteiger partial charge < -0.3 is 0 Å². The van der Waals surface area contributed by atoms with Crippen LogP contribution in [0.25, 0.3) is 18.4 Å². The zero-order valence-electron chi connectivity index (χ0n) is 10.2. The molecule has 0 radical (unpaired) electrons. The van der Waals surface area contributed by atoms with Crippen LogP contribution < -0.4 is 16.0 Å². The molecule has 4 heteroatoms. The second-order valence-corrected chi connectivity index (χ2v) is 4.29. The first-order valence-electron chi connectivity index (χ1n) is 5.86. The maximum atomic E-state index is 4.55. The Balaban J connectivity index is 2.10. The van der Waals surface area contributed by atoms with Gasteiger partial charge in [0.05, 0.1) is 10.6 Å². The summed E-state index contributed by atoms with van der Waals surface area (Å²) in [7, 11) is 1.93. The molecule has 1 aliphatic carbocycles. The lowest BCUT2D eigenvalue weighted by Gasteiger charge is -2.09. The standard InChI is InChI=1S/C14H14N4/c1-10-12-9-18(2)17-14(12)16-13(15-10)11-7-5-3-4-6-8-11/h3-5,7-9H,1,6H2,2H3,(H,15,16,17). The lowest BCUT2D eigenvalue weighted by Crippen LogP contribution is -2.29. The molecule has 0 saturated carbocycles. The number of nitrogens with one attached hydrogen (secondary N) is 1.